The van der Waals surface area contributed by atoms with Crippen LogP contribution in [0, 0.1) is 18.8 Å². The van der Waals surface area contributed by atoms with E-state index in [4.69, 9.17) is 4.52 Å². The van der Waals surface area contributed by atoms with E-state index in [-0.39, 0.29) is 5.91 Å². The molecule has 1 saturated carbocycles. The van der Waals surface area contributed by atoms with Crippen LogP contribution in [0.5, 0.6) is 0 Å². The number of nitrogens with zero attached hydrogens (tertiary/aromatic N) is 1. The maximum atomic E-state index is 11.9. The summed E-state index contributed by atoms with van der Waals surface area (Å²) in [7, 11) is 0. The Labute approximate surface area is 126 Å². The Balaban J connectivity index is 1.72. The molecule has 0 radical (unpaired) electrons. The molecule has 2 atom stereocenters. The average molecular weight is 293 g/mol. The van der Waals surface area contributed by atoms with Gasteiger partial charge in [0.05, 0.1) is 6.54 Å². The summed E-state index contributed by atoms with van der Waals surface area (Å²) in [6, 6.07) is 2.20. The number of carbonyl (C=O) groups excluding carboxylic acids is 1. The zero-order chi connectivity index (χ0) is 15.2. The lowest BCUT2D eigenvalue weighted by molar-refractivity contribution is -0.115. The van der Waals surface area contributed by atoms with Gasteiger partial charge in [0.15, 0.2) is 5.82 Å². The van der Waals surface area contributed by atoms with E-state index in [0.717, 1.165) is 11.8 Å². The average Bonchev–Trinajstić information content (AvgIpc) is 3.03. The second-order valence-electron chi connectivity index (χ2n) is 6.52. The Morgan fingerprint density at radius 3 is 2.95 bits per heavy atom. The van der Waals surface area contributed by atoms with Gasteiger partial charge in [-0.25, -0.2) is 0 Å². The topological polar surface area (TPSA) is 67.2 Å². The molecule has 1 aliphatic carbocycles. The maximum absolute atomic E-state index is 11.9. The molecule has 118 valence electrons. The summed E-state index contributed by atoms with van der Waals surface area (Å²) >= 11 is 0. The number of aromatic nitrogens is 1. The smallest absolute Gasteiger partial charge is 0.239 e. The van der Waals surface area contributed by atoms with Gasteiger partial charge in [-0.3, -0.25) is 4.79 Å². The minimum Gasteiger partial charge on any atom is -0.360 e. The Morgan fingerprint density at radius 1 is 1.48 bits per heavy atom. The fraction of sp³-hybridized carbons (Fsp3) is 0.750. The summed E-state index contributed by atoms with van der Waals surface area (Å²) in [4.78, 5) is 11.9. The van der Waals surface area contributed by atoms with Crippen LogP contribution >= 0.6 is 0 Å². The molecular weight excluding hydrogens is 266 g/mol. The zero-order valence-corrected chi connectivity index (χ0v) is 13.3. The number of hydrogen-bond acceptors (Lipinski definition) is 4. The molecule has 21 heavy (non-hydrogen) atoms. The summed E-state index contributed by atoms with van der Waals surface area (Å²) in [5, 5.41) is 9.92. The maximum Gasteiger partial charge on any atom is 0.239 e. The molecule has 5 heteroatoms. The van der Waals surface area contributed by atoms with Crippen molar-refractivity contribution in [1.82, 2.24) is 10.5 Å². The summed E-state index contributed by atoms with van der Waals surface area (Å²) < 4.78 is 4.93. The molecule has 1 aliphatic rings. The molecule has 5 nitrogen and oxygen atoms in total. The van der Waals surface area contributed by atoms with Crippen LogP contribution < -0.4 is 10.6 Å². The number of carbonyl (C=O) groups is 1. The van der Waals surface area contributed by atoms with E-state index in [9.17, 15) is 4.79 Å². The Kier molecular flexibility index (Phi) is 5.79. The van der Waals surface area contributed by atoms with Crippen LogP contribution in [0.15, 0.2) is 10.6 Å². The summed E-state index contributed by atoms with van der Waals surface area (Å²) in [5.74, 6) is 2.60. The first kappa shape index (κ1) is 16.0. The van der Waals surface area contributed by atoms with Crippen LogP contribution in [0.1, 0.15) is 51.7 Å². The monoisotopic (exact) mass is 293 g/mol. The molecule has 0 spiro atoms. The van der Waals surface area contributed by atoms with Crippen LogP contribution in [0.3, 0.4) is 0 Å². The van der Waals surface area contributed by atoms with Crippen LogP contribution in [0.25, 0.3) is 0 Å². The van der Waals surface area contributed by atoms with Crippen molar-refractivity contribution >= 4 is 11.7 Å². The molecule has 1 amide bonds. The minimum absolute atomic E-state index is 0.0576. The van der Waals surface area contributed by atoms with Gasteiger partial charge in [0.1, 0.15) is 5.76 Å². The van der Waals surface area contributed by atoms with Gasteiger partial charge in [0.25, 0.3) is 0 Å². The van der Waals surface area contributed by atoms with Gasteiger partial charge in [-0.1, -0.05) is 31.8 Å². The second-order valence-corrected chi connectivity index (χ2v) is 6.52. The standard InChI is InChI=1S/C16H27N3O2/c1-11(2)7-8-13-5-4-6-14(13)17-10-16(20)18-15-9-12(3)21-19-15/h9,11,13-14,17H,4-8,10H2,1-3H3,(H,18,19,20)/t13-,14-/m0/s1. The fourth-order valence-electron chi connectivity index (χ4n) is 3.03. The fourth-order valence-corrected chi connectivity index (χ4v) is 3.03. The molecular formula is C16H27N3O2. The lowest BCUT2D eigenvalue weighted by atomic mass is 9.94. The van der Waals surface area contributed by atoms with Gasteiger partial charge in [-0.05, 0) is 38.0 Å². The van der Waals surface area contributed by atoms with E-state index < -0.39 is 0 Å². The molecule has 1 aromatic heterocycles. The zero-order valence-electron chi connectivity index (χ0n) is 13.3. The van der Waals surface area contributed by atoms with Crippen molar-refractivity contribution in [2.24, 2.45) is 11.8 Å². The van der Waals surface area contributed by atoms with Crippen LogP contribution in [-0.2, 0) is 4.79 Å². The molecule has 0 aromatic carbocycles. The first-order valence-electron chi connectivity index (χ1n) is 8.01. The molecule has 1 heterocycles. The lowest BCUT2D eigenvalue weighted by Crippen LogP contribution is -2.38. The van der Waals surface area contributed by atoms with Crippen molar-refractivity contribution in [3.8, 4) is 0 Å². The largest absolute Gasteiger partial charge is 0.360 e. The van der Waals surface area contributed by atoms with E-state index >= 15 is 0 Å². The summed E-state index contributed by atoms with van der Waals surface area (Å²) in [6.07, 6.45) is 6.27. The third-order valence-electron chi connectivity index (χ3n) is 4.19. The highest BCUT2D eigenvalue weighted by Gasteiger charge is 2.27. The molecule has 1 aromatic rings. The molecule has 1 fully saturated rings. The van der Waals surface area contributed by atoms with Crippen LogP contribution in [0.2, 0.25) is 0 Å². The highest BCUT2D eigenvalue weighted by molar-refractivity contribution is 5.91. The second kappa shape index (κ2) is 7.59. The molecule has 0 unspecified atom stereocenters. The van der Waals surface area contributed by atoms with Crippen molar-refractivity contribution in [2.75, 3.05) is 11.9 Å². The van der Waals surface area contributed by atoms with Gasteiger partial charge in [0.2, 0.25) is 5.91 Å². The number of amides is 1. The van der Waals surface area contributed by atoms with E-state index in [2.05, 4.69) is 29.6 Å². The number of hydrogen-bond donors (Lipinski definition) is 2. The number of nitrogens with one attached hydrogen (secondary N) is 2. The molecule has 2 rings (SSSR count). The number of rotatable bonds is 7. The number of anilines is 1. The predicted molar refractivity (Wildman–Crippen MR) is 83.1 cm³/mol. The molecule has 0 aliphatic heterocycles. The first-order valence-corrected chi connectivity index (χ1v) is 8.01. The van der Waals surface area contributed by atoms with Crippen molar-refractivity contribution in [2.45, 2.75) is 58.9 Å². The van der Waals surface area contributed by atoms with Crippen molar-refractivity contribution in [3.63, 3.8) is 0 Å². The van der Waals surface area contributed by atoms with Gasteiger partial charge < -0.3 is 15.2 Å². The molecule has 0 saturated heterocycles. The van der Waals surface area contributed by atoms with E-state index in [1.54, 1.807) is 13.0 Å². The Hall–Kier alpha value is -1.36. The highest BCUT2D eigenvalue weighted by atomic mass is 16.5. The first-order chi connectivity index (χ1) is 10.0. The van der Waals surface area contributed by atoms with E-state index in [0.29, 0.717) is 24.2 Å². The van der Waals surface area contributed by atoms with E-state index in [1.165, 1.54) is 32.1 Å². The predicted octanol–water partition coefficient (Wildman–Crippen LogP) is 3.12. The quantitative estimate of drug-likeness (QED) is 0.810. The van der Waals surface area contributed by atoms with Crippen LogP contribution in [0.4, 0.5) is 5.82 Å². The van der Waals surface area contributed by atoms with Gasteiger partial charge in [-0.2, -0.15) is 0 Å². The van der Waals surface area contributed by atoms with Crippen molar-refractivity contribution in [3.05, 3.63) is 11.8 Å². The SMILES string of the molecule is Cc1cc(NC(=O)CN[C@H]2CCC[C@H]2CCC(C)C)no1. The van der Waals surface area contributed by atoms with Crippen molar-refractivity contribution in [1.29, 1.82) is 0 Å². The lowest BCUT2D eigenvalue weighted by Gasteiger charge is -2.21. The third kappa shape index (κ3) is 5.16. The van der Waals surface area contributed by atoms with Gasteiger partial charge in [-0.15, -0.1) is 0 Å². The minimum atomic E-state index is -0.0576. The summed E-state index contributed by atoms with van der Waals surface area (Å²) in [6.45, 7) is 6.68. The third-order valence-corrected chi connectivity index (χ3v) is 4.19. The molecule has 2 N–H and O–H groups in total. The van der Waals surface area contributed by atoms with Gasteiger partial charge in [0, 0.05) is 12.1 Å². The summed E-state index contributed by atoms with van der Waals surface area (Å²) in [5.41, 5.74) is 0. The normalized spacial score (nSPS) is 21.9. The Bertz CT molecular complexity index is 456. The van der Waals surface area contributed by atoms with Gasteiger partial charge >= 0.3 is 0 Å². The van der Waals surface area contributed by atoms with E-state index in [1.807, 2.05) is 0 Å². The van der Waals surface area contributed by atoms with Crippen LogP contribution in [-0.4, -0.2) is 23.7 Å². The number of aryl methyl sites for hydroxylation is 1. The van der Waals surface area contributed by atoms with Crippen molar-refractivity contribution < 1.29 is 9.32 Å². The molecule has 0 bridgehead atoms. The Morgan fingerprint density at radius 2 is 2.29 bits per heavy atom. The highest BCUT2D eigenvalue weighted by Crippen LogP contribution is 2.30.